The van der Waals surface area contributed by atoms with Gasteiger partial charge in [-0.2, -0.15) is 0 Å². The van der Waals surface area contributed by atoms with Crippen molar-refractivity contribution >= 4 is 45.2 Å². The number of rotatable bonds is 9. The first-order valence-electron chi connectivity index (χ1n) is 13.3. The van der Waals surface area contributed by atoms with E-state index in [0.29, 0.717) is 5.92 Å². The van der Waals surface area contributed by atoms with E-state index in [0.717, 1.165) is 19.3 Å². The quantitative estimate of drug-likeness (QED) is 0.141. The Labute approximate surface area is 223 Å². The molecule has 1 atom stereocenters. The van der Waals surface area contributed by atoms with Crippen molar-refractivity contribution in [2.45, 2.75) is 69.1 Å². The molecule has 2 saturated heterocycles. The number of benzene rings is 2. The summed E-state index contributed by atoms with van der Waals surface area (Å²) in [5.74, 6) is 0.477. The normalized spacial score (nSPS) is 20.2. The van der Waals surface area contributed by atoms with E-state index in [9.17, 15) is 0 Å². The Morgan fingerprint density at radius 2 is 1.65 bits per heavy atom. The predicted molar refractivity (Wildman–Crippen MR) is 171 cm³/mol. The van der Waals surface area contributed by atoms with Crippen molar-refractivity contribution in [2.24, 2.45) is 5.92 Å². The van der Waals surface area contributed by atoms with Crippen LogP contribution >= 0.6 is 39.6 Å². The Bertz CT molecular complexity index is 946. The van der Waals surface area contributed by atoms with Crippen LogP contribution in [-0.4, -0.2) is 21.6 Å². The summed E-state index contributed by atoms with van der Waals surface area (Å²) in [4.78, 5) is 0. The minimum atomic E-state index is -1.02. The number of allylic oxidation sites excluding steroid dienone is 2. The molecule has 0 radical (unpaired) electrons. The molecule has 0 bridgehead atoms. The van der Waals surface area contributed by atoms with Crippen LogP contribution in [0.2, 0.25) is 0 Å². The fraction of sp³-hybridized carbons (Fsp3) is 0.500. The first-order valence-corrected chi connectivity index (χ1v) is 21.7. The van der Waals surface area contributed by atoms with E-state index in [1.54, 1.807) is 47.0 Å². The summed E-state index contributed by atoms with van der Waals surface area (Å²) in [5.41, 5.74) is 6.97. The first-order chi connectivity index (χ1) is 16.5. The van der Waals surface area contributed by atoms with Crippen molar-refractivity contribution in [3.63, 3.8) is 0 Å². The Morgan fingerprint density at radius 3 is 2.32 bits per heavy atom. The molecular weight excluding hydrogens is 638 g/mol. The molecule has 2 heteroatoms. The molecule has 0 N–H and O–H groups in total. The molecule has 0 aromatic heterocycles. The van der Waals surface area contributed by atoms with Crippen molar-refractivity contribution in [3.8, 4) is 0 Å². The topological polar surface area (TPSA) is 0 Å². The van der Waals surface area contributed by atoms with Crippen LogP contribution in [0.15, 0.2) is 67.3 Å². The summed E-state index contributed by atoms with van der Waals surface area (Å²) in [6.07, 6.45) is 10.9. The Morgan fingerprint density at radius 1 is 0.941 bits per heavy atom. The SMILES string of the molecule is C=C(CC)c1cc(I2CCC(I3CCCCC3)CC2)ccc1C[C@@H](C)C(=C)Cc1ccccc1. The van der Waals surface area contributed by atoms with Gasteiger partial charge < -0.3 is 0 Å². The summed E-state index contributed by atoms with van der Waals surface area (Å²) in [6.45, 7) is 13.6. The second-order valence-corrected chi connectivity index (χ2v) is 22.9. The number of alkyl halides is 5. The van der Waals surface area contributed by atoms with Crippen LogP contribution < -0.4 is 0 Å². The van der Waals surface area contributed by atoms with E-state index in [1.165, 1.54) is 38.2 Å². The van der Waals surface area contributed by atoms with E-state index >= 15 is 0 Å². The Kier molecular flexibility index (Phi) is 10.2. The molecule has 0 saturated carbocycles. The van der Waals surface area contributed by atoms with E-state index in [1.807, 2.05) is 0 Å². The van der Waals surface area contributed by atoms with Gasteiger partial charge in [-0.05, 0) is 0 Å². The van der Waals surface area contributed by atoms with Crippen LogP contribution in [0.25, 0.3) is 5.57 Å². The van der Waals surface area contributed by atoms with Crippen molar-refractivity contribution in [1.82, 2.24) is 0 Å². The van der Waals surface area contributed by atoms with Crippen molar-refractivity contribution in [3.05, 3.63) is 87.5 Å². The van der Waals surface area contributed by atoms with E-state index in [2.05, 4.69) is 75.5 Å². The zero-order chi connectivity index (χ0) is 23.9. The standard InChI is InChI=1S/C32H44I2/c1-5-25(2)32-24-31(34-20-16-30(17-21-34)33-18-10-7-11-19-33)15-14-29(32)23-27(4)26(3)22-28-12-8-6-9-13-28/h6,8-9,12-15,24,27,30H,2-3,5,7,10-11,16-23H2,1,4H3/t27-/m1/s1. The number of halogens is 2. The molecule has 2 aromatic rings. The summed E-state index contributed by atoms with van der Waals surface area (Å²) < 4.78 is 9.42. The number of hydrogen-bond acceptors (Lipinski definition) is 0. The van der Waals surface area contributed by atoms with Gasteiger partial charge in [0.1, 0.15) is 0 Å². The Balaban J connectivity index is 1.42. The fourth-order valence-corrected chi connectivity index (χ4v) is 21.6. The van der Waals surface area contributed by atoms with Gasteiger partial charge in [0.15, 0.2) is 0 Å². The summed E-state index contributed by atoms with van der Waals surface area (Å²) in [5, 5.41) is 0. The van der Waals surface area contributed by atoms with Gasteiger partial charge in [-0.15, -0.1) is 0 Å². The molecule has 4 rings (SSSR count). The van der Waals surface area contributed by atoms with E-state index in [-0.39, 0.29) is 0 Å². The predicted octanol–water partition coefficient (Wildman–Crippen LogP) is 9.62. The molecule has 2 fully saturated rings. The third-order valence-electron chi connectivity index (χ3n) is 7.68. The van der Waals surface area contributed by atoms with Crippen LogP contribution in [0.4, 0.5) is 0 Å². The van der Waals surface area contributed by atoms with Gasteiger partial charge in [-0.25, -0.2) is 0 Å². The van der Waals surface area contributed by atoms with Crippen LogP contribution in [0, 0.1) is 9.49 Å². The molecule has 2 heterocycles. The third-order valence-corrected chi connectivity index (χ3v) is 22.0. The average Bonchev–Trinajstić information content (AvgIpc) is 2.89. The monoisotopic (exact) mass is 682 g/mol. The third kappa shape index (κ3) is 6.99. The van der Waals surface area contributed by atoms with E-state index < -0.39 is 39.6 Å². The molecule has 0 aliphatic carbocycles. The molecule has 2 aliphatic heterocycles. The van der Waals surface area contributed by atoms with Crippen molar-refractivity contribution < 1.29 is 0 Å². The summed E-state index contributed by atoms with van der Waals surface area (Å²) >= 11 is -1.62. The molecule has 0 nitrogen and oxygen atoms in total. The Hall–Kier alpha value is -0.620. The van der Waals surface area contributed by atoms with Gasteiger partial charge in [-0.3, -0.25) is 0 Å². The van der Waals surface area contributed by atoms with Crippen molar-refractivity contribution in [1.29, 1.82) is 0 Å². The average molecular weight is 683 g/mol. The summed E-state index contributed by atoms with van der Waals surface area (Å²) in [7, 11) is 0. The molecule has 2 aromatic carbocycles. The van der Waals surface area contributed by atoms with Crippen LogP contribution in [-0.2, 0) is 12.8 Å². The summed E-state index contributed by atoms with van der Waals surface area (Å²) in [6, 6.07) is 18.4. The zero-order valence-electron chi connectivity index (χ0n) is 21.4. The second-order valence-electron chi connectivity index (χ2n) is 10.1. The van der Waals surface area contributed by atoms with Gasteiger partial charge >= 0.3 is 226 Å². The molecule has 0 amide bonds. The minimum absolute atomic E-state index is 0.477. The number of hydrogen-bond donors (Lipinski definition) is 0. The second kappa shape index (κ2) is 13.1. The van der Waals surface area contributed by atoms with Gasteiger partial charge in [0.25, 0.3) is 0 Å². The molecule has 0 unspecified atom stereocenters. The zero-order valence-corrected chi connectivity index (χ0v) is 25.7. The molecular formula is C32H44I2. The molecule has 2 aliphatic rings. The maximum absolute atomic E-state index is 4.48. The first kappa shape index (κ1) is 26.4. The van der Waals surface area contributed by atoms with Gasteiger partial charge in [-0.1, -0.05) is 0 Å². The molecule has 0 spiro atoms. The molecule has 186 valence electrons. The van der Waals surface area contributed by atoms with Gasteiger partial charge in [0.05, 0.1) is 0 Å². The van der Waals surface area contributed by atoms with Crippen LogP contribution in [0.3, 0.4) is 0 Å². The van der Waals surface area contributed by atoms with Gasteiger partial charge in [0.2, 0.25) is 0 Å². The van der Waals surface area contributed by atoms with Crippen LogP contribution in [0.1, 0.15) is 69.1 Å². The molecule has 34 heavy (non-hydrogen) atoms. The van der Waals surface area contributed by atoms with Crippen molar-refractivity contribution in [2.75, 3.05) is 17.7 Å². The van der Waals surface area contributed by atoms with E-state index in [4.69, 9.17) is 0 Å². The van der Waals surface area contributed by atoms with Gasteiger partial charge in [0, 0.05) is 0 Å². The maximum atomic E-state index is 4.48. The fourth-order valence-electron chi connectivity index (χ4n) is 5.30. The van der Waals surface area contributed by atoms with Crippen LogP contribution in [0.5, 0.6) is 0 Å².